The van der Waals surface area contributed by atoms with E-state index in [1.54, 1.807) is 7.11 Å². The molecular weight excluding hydrogens is 212 g/mol. The third-order valence-corrected chi connectivity index (χ3v) is 2.73. The molecule has 1 aromatic carbocycles. The second kappa shape index (κ2) is 6.57. The molecular formula is C12H17ClO2. The highest BCUT2D eigenvalue weighted by Gasteiger charge is 2.00. The minimum atomic E-state index is 0.505. The van der Waals surface area contributed by atoms with Gasteiger partial charge in [0.05, 0.1) is 13.7 Å². The predicted molar refractivity (Wildman–Crippen MR) is 63.0 cm³/mol. The van der Waals surface area contributed by atoms with E-state index in [1.807, 2.05) is 24.3 Å². The van der Waals surface area contributed by atoms with Gasteiger partial charge in [0, 0.05) is 5.88 Å². The molecule has 84 valence electrons. The smallest absolute Gasteiger partial charge is 0.119 e. The Morgan fingerprint density at radius 2 is 1.80 bits per heavy atom. The summed E-state index contributed by atoms with van der Waals surface area (Å²) in [7, 11) is 1.65. The third-order valence-electron chi connectivity index (χ3n) is 2.20. The van der Waals surface area contributed by atoms with Gasteiger partial charge in [-0.3, -0.25) is 0 Å². The van der Waals surface area contributed by atoms with Crippen LogP contribution in [-0.4, -0.2) is 19.6 Å². The van der Waals surface area contributed by atoms with Crippen molar-refractivity contribution in [1.29, 1.82) is 0 Å². The van der Waals surface area contributed by atoms with Crippen LogP contribution in [0.1, 0.15) is 13.3 Å². The second-order valence-corrected chi connectivity index (χ2v) is 3.88. The fraction of sp³-hybridized carbons (Fsp3) is 0.500. The zero-order valence-corrected chi connectivity index (χ0v) is 9.96. The molecule has 2 nitrogen and oxygen atoms in total. The molecule has 0 aliphatic rings. The minimum absolute atomic E-state index is 0.505. The van der Waals surface area contributed by atoms with Gasteiger partial charge in [0.25, 0.3) is 0 Å². The molecule has 0 aliphatic carbocycles. The van der Waals surface area contributed by atoms with Crippen molar-refractivity contribution in [2.45, 2.75) is 13.3 Å². The van der Waals surface area contributed by atoms with Crippen LogP contribution in [0.25, 0.3) is 0 Å². The number of ether oxygens (including phenoxy) is 2. The van der Waals surface area contributed by atoms with E-state index in [-0.39, 0.29) is 0 Å². The molecule has 1 rings (SSSR count). The van der Waals surface area contributed by atoms with Crippen LogP contribution < -0.4 is 9.47 Å². The molecule has 1 aromatic rings. The summed E-state index contributed by atoms with van der Waals surface area (Å²) in [5.74, 6) is 2.91. The largest absolute Gasteiger partial charge is 0.497 e. The van der Waals surface area contributed by atoms with E-state index < -0.39 is 0 Å². The number of hydrogen-bond acceptors (Lipinski definition) is 2. The molecule has 0 fully saturated rings. The highest BCUT2D eigenvalue weighted by Crippen LogP contribution is 2.17. The Hall–Kier alpha value is -0.890. The third kappa shape index (κ3) is 4.43. The van der Waals surface area contributed by atoms with Gasteiger partial charge < -0.3 is 9.47 Å². The second-order valence-electron chi connectivity index (χ2n) is 3.57. The average molecular weight is 229 g/mol. The number of methoxy groups -OCH3 is 1. The van der Waals surface area contributed by atoms with Crippen molar-refractivity contribution in [2.24, 2.45) is 5.92 Å². The Bertz CT molecular complexity index is 271. The zero-order valence-electron chi connectivity index (χ0n) is 9.20. The van der Waals surface area contributed by atoms with E-state index in [2.05, 4.69) is 6.92 Å². The molecule has 0 saturated heterocycles. The van der Waals surface area contributed by atoms with Crippen LogP contribution >= 0.6 is 11.6 Å². The molecule has 0 aliphatic heterocycles. The maximum atomic E-state index is 5.70. The minimum Gasteiger partial charge on any atom is -0.497 e. The molecule has 0 heterocycles. The summed E-state index contributed by atoms with van der Waals surface area (Å²) in [5, 5.41) is 0. The van der Waals surface area contributed by atoms with Crippen LogP contribution in [0.3, 0.4) is 0 Å². The van der Waals surface area contributed by atoms with Gasteiger partial charge in [0.15, 0.2) is 0 Å². The van der Waals surface area contributed by atoms with Gasteiger partial charge in [-0.25, -0.2) is 0 Å². The Kier molecular flexibility index (Phi) is 5.33. The summed E-state index contributed by atoms with van der Waals surface area (Å²) in [6.07, 6.45) is 0.982. The molecule has 0 N–H and O–H groups in total. The Morgan fingerprint density at radius 3 is 2.33 bits per heavy atom. The first-order valence-corrected chi connectivity index (χ1v) is 5.62. The van der Waals surface area contributed by atoms with Crippen LogP contribution in [0, 0.1) is 5.92 Å². The molecule has 15 heavy (non-hydrogen) atoms. The molecule has 0 bridgehead atoms. The first-order valence-electron chi connectivity index (χ1n) is 5.09. The van der Waals surface area contributed by atoms with Crippen LogP contribution in [0.2, 0.25) is 0 Å². The van der Waals surface area contributed by atoms with Gasteiger partial charge in [-0.1, -0.05) is 6.92 Å². The SMILES string of the molecule is COc1ccc(OCCC(C)CCl)cc1. The van der Waals surface area contributed by atoms with Crippen LogP contribution in [0.5, 0.6) is 11.5 Å². The van der Waals surface area contributed by atoms with Gasteiger partial charge in [-0.15, -0.1) is 11.6 Å². The van der Waals surface area contributed by atoms with Gasteiger partial charge >= 0.3 is 0 Å². The zero-order chi connectivity index (χ0) is 11.1. The topological polar surface area (TPSA) is 18.5 Å². The van der Waals surface area contributed by atoms with Gasteiger partial charge in [-0.05, 0) is 36.6 Å². The van der Waals surface area contributed by atoms with Crippen LogP contribution in [-0.2, 0) is 0 Å². The summed E-state index contributed by atoms with van der Waals surface area (Å²) in [6.45, 7) is 2.82. The number of alkyl halides is 1. The summed E-state index contributed by atoms with van der Waals surface area (Å²) in [6, 6.07) is 7.59. The Balaban J connectivity index is 2.31. The van der Waals surface area contributed by atoms with Gasteiger partial charge in [0.2, 0.25) is 0 Å². The average Bonchev–Trinajstić information content (AvgIpc) is 2.29. The highest BCUT2D eigenvalue weighted by atomic mass is 35.5. The predicted octanol–water partition coefficient (Wildman–Crippen LogP) is 3.34. The van der Waals surface area contributed by atoms with E-state index in [4.69, 9.17) is 21.1 Å². The van der Waals surface area contributed by atoms with Crippen LogP contribution in [0.15, 0.2) is 24.3 Å². The van der Waals surface area contributed by atoms with Crippen molar-refractivity contribution >= 4 is 11.6 Å². The van der Waals surface area contributed by atoms with E-state index in [9.17, 15) is 0 Å². The van der Waals surface area contributed by atoms with Crippen molar-refractivity contribution in [1.82, 2.24) is 0 Å². The van der Waals surface area contributed by atoms with E-state index in [1.165, 1.54) is 0 Å². The summed E-state index contributed by atoms with van der Waals surface area (Å²) in [4.78, 5) is 0. The Morgan fingerprint density at radius 1 is 1.20 bits per heavy atom. The maximum Gasteiger partial charge on any atom is 0.119 e. The lowest BCUT2D eigenvalue weighted by Gasteiger charge is -2.09. The van der Waals surface area contributed by atoms with Crippen molar-refractivity contribution < 1.29 is 9.47 Å². The van der Waals surface area contributed by atoms with Crippen molar-refractivity contribution in [3.8, 4) is 11.5 Å². The molecule has 0 radical (unpaired) electrons. The summed E-state index contributed by atoms with van der Waals surface area (Å²) in [5.41, 5.74) is 0. The van der Waals surface area contributed by atoms with Crippen molar-refractivity contribution in [3.05, 3.63) is 24.3 Å². The summed E-state index contributed by atoms with van der Waals surface area (Å²) >= 11 is 5.70. The Labute approximate surface area is 96.2 Å². The molecule has 0 saturated carbocycles. The lowest BCUT2D eigenvalue weighted by atomic mass is 10.1. The fourth-order valence-corrected chi connectivity index (χ4v) is 1.28. The van der Waals surface area contributed by atoms with Crippen LogP contribution in [0.4, 0.5) is 0 Å². The normalized spacial score (nSPS) is 12.2. The molecule has 1 unspecified atom stereocenters. The lowest BCUT2D eigenvalue weighted by Crippen LogP contribution is -2.05. The fourth-order valence-electron chi connectivity index (χ4n) is 1.13. The standard InChI is InChI=1S/C12H17ClO2/c1-10(9-13)7-8-15-12-5-3-11(14-2)4-6-12/h3-6,10H,7-9H2,1-2H3. The number of hydrogen-bond donors (Lipinski definition) is 0. The maximum absolute atomic E-state index is 5.70. The number of rotatable bonds is 6. The number of benzene rings is 1. The van der Waals surface area contributed by atoms with E-state index >= 15 is 0 Å². The molecule has 3 heteroatoms. The first kappa shape index (κ1) is 12.2. The highest BCUT2D eigenvalue weighted by molar-refractivity contribution is 6.18. The molecule has 0 amide bonds. The molecule has 0 aromatic heterocycles. The van der Waals surface area contributed by atoms with E-state index in [0.29, 0.717) is 18.4 Å². The van der Waals surface area contributed by atoms with E-state index in [0.717, 1.165) is 17.9 Å². The van der Waals surface area contributed by atoms with Gasteiger partial charge in [-0.2, -0.15) is 0 Å². The van der Waals surface area contributed by atoms with Gasteiger partial charge in [0.1, 0.15) is 11.5 Å². The lowest BCUT2D eigenvalue weighted by molar-refractivity contribution is 0.290. The number of halogens is 1. The molecule has 1 atom stereocenters. The van der Waals surface area contributed by atoms with Crippen molar-refractivity contribution in [3.63, 3.8) is 0 Å². The quantitative estimate of drug-likeness (QED) is 0.696. The summed E-state index contributed by atoms with van der Waals surface area (Å²) < 4.78 is 10.6. The monoisotopic (exact) mass is 228 g/mol. The first-order chi connectivity index (χ1) is 7.26. The molecule has 0 spiro atoms. The van der Waals surface area contributed by atoms with Crippen molar-refractivity contribution in [2.75, 3.05) is 19.6 Å².